The van der Waals surface area contributed by atoms with Gasteiger partial charge in [0.2, 0.25) is 0 Å². The van der Waals surface area contributed by atoms with E-state index in [4.69, 9.17) is 0 Å². The molecule has 2 atom stereocenters. The number of thiophene rings is 1. The molecule has 0 aromatic carbocycles. The third-order valence-corrected chi connectivity index (χ3v) is 3.94. The van der Waals surface area contributed by atoms with E-state index in [1.54, 1.807) is 0 Å². The minimum atomic E-state index is 0.517. The normalized spacial score (nSPS) is 20.7. The molecule has 1 aliphatic carbocycles. The second-order valence-electron chi connectivity index (χ2n) is 4.48. The molecule has 0 bridgehead atoms. The van der Waals surface area contributed by atoms with E-state index in [9.17, 15) is 0 Å². The van der Waals surface area contributed by atoms with Crippen molar-refractivity contribution in [3.63, 3.8) is 0 Å². The van der Waals surface area contributed by atoms with Crippen molar-refractivity contribution in [3.8, 4) is 0 Å². The number of rotatable bonds is 5. The summed E-state index contributed by atoms with van der Waals surface area (Å²) in [5.41, 5.74) is 0. The molecule has 14 heavy (non-hydrogen) atoms. The molecular weight excluding hydrogens is 190 g/mol. The van der Waals surface area contributed by atoms with Crippen LogP contribution in [0.1, 0.15) is 44.0 Å². The highest BCUT2D eigenvalue weighted by Crippen LogP contribution is 2.33. The second kappa shape index (κ2) is 4.45. The lowest BCUT2D eigenvalue weighted by atomic mass is 10.1. The van der Waals surface area contributed by atoms with Crippen molar-refractivity contribution >= 4 is 11.3 Å². The van der Waals surface area contributed by atoms with Crippen molar-refractivity contribution in [3.05, 3.63) is 22.4 Å². The van der Waals surface area contributed by atoms with Crippen LogP contribution in [0.15, 0.2) is 17.5 Å². The smallest absolute Gasteiger partial charge is 0.0388 e. The highest BCUT2D eigenvalue weighted by atomic mass is 32.1. The topological polar surface area (TPSA) is 12.0 Å². The first-order valence-electron chi connectivity index (χ1n) is 5.55. The van der Waals surface area contributed by atoms with Crippen LogP contribution in [0, 0.1) is 5.92 Å². The van der Waals surface area contributed by atoms with Gasteiger partial charge < -0.3 is 5.32 Å². The Labute approximate surface area is 90.5 Å². The molecule has 1 nitrogen and oxygen atoms in total. The van der Waals surface area contributed by atoms with Crippen LogP contribution in [0.4, 0.5) is 0 Å². The van der Waals surface area contributed by atoms with Gasteiger partial charge >= 0.3 is 0 Å². The minimum absolute atomic E-state index is 0.517. The van der Waals surface area contributed by atoms with Crippen LogP contribution < -0.4 is 5.32 Å². The second-order valence-corrected chi connectivity index (χ2v) is 5.46. The summed E-state index contributed by atoms with van der Waals surface area (Å²) in [5, 5.41) is 5.82. The summed E-state index contributed by atoms with van der Waals surface area (Å²) in [7, 11) is 0. The fourth-order valence-electron chi connectivity index (χ4n) is 1.97. The van der Waals surface area contributed by atoms with E-state index in [0.717, 1.165) is 5.92 Å². The number of hydrogen-bond acceptors (Lipinski definition) is 2. The van der Waals surface area contributed by atoms with Crippen LogP contribution in [-0.4, -0.2) is 6.04 Å². The van der Waals surface area contributed by atoms with Crippen molar-refractivity contribution in [2.45, 2.75) is 45.2 Å². The third-order valence-electron chi connectivity index (χ3n) is 2.89. The lowest BCUT2D eigenvalue weighted by molar-refractivity contribution is 0.442. The van der Waals surface area contributed by atoms with E-state index in [2.05, 4.69) is 36.7 Å². The number of nitrogens with one attached hydrogen (secondary N) is 1. The molecule has 0 radical (unpaired) electrons. The summed E-state index contributed by atoms with van der Waals surface area (Å²) in [6, 6.07) is 5.53. The largest absolute Gasteiger partial charge is 0.307 e. The molecule has 1 saturated carbocycles. The SMILES string of the molecule is CC(CC1CC1)NC(C)c1cccs1. The van der Waals surface area contributed by atoms with Gasteiger partial charge in [0, 0.05) is 17.0 Å². The Hall–Kier alpha value is -0.340. The summed E-state index contributed by atoms with van der Waals surface area (Å²) in [5.74, 6) is 1.02. The van der Waals surface area contributed by atoms with Gasteiger partial charge in [-0.05, 0) is 37.6 Å². The number of hydrogen-bond donors (Lipinski definition) is 1. The first kappa shape index (κ1) is 10.2. The lowest BCUT2D eigenvalue weighted by Gasteiger charge is -2.18. The molecule has 2 rings (SSSR count). The zero-order chi connectivity index (χ0) is 9.97. The summed E-state index contributed by atoms with van der Waals surface area (Å²) in [6.45, 7) is 4.57. The van der Waals surface area contributed by atoms with Crippen molar-refractivity contribution in [2.24, 2.45) is 5.92 Å². The summed E-state index contributed by atoms with van der Waals surface area (Å²) >= 11 is 1.85. The minimum Gasteiger partial charge on any atom is -0.307 e. The van der Waals surface area contributed by atoms with Gasteiger partial charge in [0.15, 0.2) is 0 Å². The van der Waals surface area contributed by atoms with E-state index in [0.29, 0.717) is 12.1 Å². The molecule has 2 heteroatoms. The van der Waals surface area contributed by atoms with Gasteiger partial charge in [0.1, 0.15) is 0 Å². The first-order chi connectivity index (χ1) is 6.75. The quantitative estimate of drug-likeness (QED) is 0.781. The van der Waals surface area contributed by atoms with Crippen LogP contribution in [0.2, 0.25) is 0 Å². The molecule has 1 aromatic heterocycles. The molecular formula is C12H19NS. The zero-order valence-electron chi connectivity index (χ0n) is 8.99. The Bertz CT molecular complexity index is 264. The molecule has 0 amide bonds. The van der Waals surface area contributed by atoms with Crippen molar-refractivity contribution in [1.29, 1.82) is 0 Å². The third kappa shape index (κ3) is 2.82. The summed E-state index contributed by atoms with van der Waals surface area (Å²) in [4.78, 5) is 1.45. The van der Waals surface area contributed by atoms with Gasteiger partial charge in [-0.2, -0.15) is 0 Å². The van der Waals surface area contributed by atoms with E-state index in [1.807, 2.05) is 11.3 Å². The predicted molar refractivity (Wildman–Crippen MR) is 62.7 cm³/mol. The molecule has 0 aliphatic heterocycles. The first-order valence-corrected chi connectivity index (χ1v) is 6.43. The van der Waals surface area contributed by atoms with E-state index < -0.39 is 0 Å². The molecule has 1 aliphatic rings. The van der Waals surface area contributed by atoms with Gasteiger partial charge in [-0.25, -0.2) is 0 Å². The molecule has 2 unspecified atom stereocenters. The van der Waals surface area contributed by atoms with Gasteiger partial charge in [0.25, 0.3) is 0 Å². The fourth-order valence-corrected chi connectivity index (χ4v) is 2.71. The Balaban J connectivity index is 1.78. The Morgan fingerprint density at radius 1 is 1.50 bits per heavy atom. The van der Waals surface area contributed by atoms with Crippen molar-refractivity contribution in [1.82, 2.24) is 5.32 Å². The van der Waals surface area contributed by atoms with Gasteiger partial charge in [0.05, 0.1) is 0 Å². The molecule has 1 aromatic rings. The highest BCUT2D eigenvalue weighted by molar-refractivity contribution is 7.10. The monoisotopic (exact) mass is 209 g/mol. The fraction of sp³-hybridized carbons (Fsp3) is 0.667. The van der Waals surface area contributed by atoms with Crippen molar-refractivity contribution < 1.29 is 0 Å². The van der Waals surface area contributed by atoms with Gasteiger partial charge in [-0.15, -0.1) is 11.3 Å². The van der Waals surface area contributed by atoms with E-state index in [1.165, 1.54) is 24.1 Å². The average molecular weight is 209 g/mol. The molecule has 78 valence electrons. The molecule has 0 spiro atoms. The maximum atomic E-state index is 3.66. The maximum Gasteiger partial charge on any atom is 0.0388 e. The molecule has 1 fully saturated rings. The summed E-state index contributed by atoms with van der Waals surface area (Å²) < 4.78 is 0. The zero-order valence-corrected chi connectivity index (χ0v) is 9.81. The van der Waals surface area contributed by atoms with Crippen LogP contribution in [0.3, 0.4) is 0 Å². The standard InChI is InChI=1S/C12H19NS/c1-9(8-11-5-6-11)13-10(2)12-4-3-7-14-12/h3-4,7,9-11,13H,5-6,8H2,1-2H3. The molecule has 1 N–H and O–H groups in total. The van der Waals surface area contributed by atoms with Crippen LogP contribution in [0.5, 0.6) is 0 Å². The van der Waals surface area contributed by atoms with Gasteiger partial charge in [-0.3, -0.25) is 0 Å². The van der Waals surface area contributed by atoms with E-state index in [-0.39, 0.29) is 0 Å². The Kier molecular flexibility index (Phi) is 3.24. The van der Waals surface area contributed by atoms with Crippen LogP contribution >= 0.6 is 11.3 Å². The maximum absolute atomic E-state index is 3.66. The van der Waals surface area contributed by atoms with Gasteiger partial charge in [-0.1, -0.05) is 18.9 Å². The highest BCUT2D eigenvalue weighted by Gasteiger charge is 2.24. The molecule has 1 heterocycles. The predicted octanol–water partition coefficient (Wildman–Crippen LogP) is 3.59. The van der Waals surface area contributed by atoms with Crippen LogP contribution in [0.25, 0.3) is 0 Å². The van der Waals surface area contributed by atoms with Crippen molar-refractivity contribution in [2.75, 3.05) is 0 Å². The van der Waals surface area contributed by atoms with E-state index >= 15 is 0 Å². The average Bonchev–Trinajstić information content (AvgIpc) is 2.80. The lowest BCUT2D eigenvalue weighted by Crippen LogP contribution is -2.28. The molecule has 0 saturated heterocycles. The van der Waals surface area contributed by atoms with Crippen LogP contribution in [-0.2, 0) is 0 Å². The summed E-state index contributed by atoms with van der Waals surface area (Å²) in [6.07, 6.45) is 4.27. The Morgan fingerprint density at radius 3 is 2.86 bits per heavy atom. The Morgan fingerprint density at radius 2 is 2.29 bits per heavy atom.